The molecule has 5 atom stereocenters. The van der Waals surface area contributed by atoms with E-state index in [1.54, 1.807) is 24.3 Å². The largest absolute Gasteiger partial charge is 0.472 e. The number of carbonyl (C=O) groups excluding carboxylic acids is 4. The van der Waals surface area contributed by atoms with Crippen LogP contribution in [0.3, 0.4) is 0 Å². The van der Waals surface area contributed by atoms with Gasteiger partial charge in [0.25, 0.3) is 5.91 Å². The maximum atomic E-state index is 14.8. The summed E-state index contributed by atoms with van der Waals surface area (Å²) in [6.07, 6.45) is 4.25. The van der Waals surface area contributed by atoms with E-state index in [1.165, 1.54) is 27.6 Å². The fourth-order valence-electron chi connectivity index (χ4n) is 9.04. The molecule has 3 saturated carbocycles. The van der Waals surface area contributed by atoms with Gasteiger partial charge in [0.05, 0.1) is 28.6 Å². The second-order valence-electron chi connectivity index (χ2n) is 17.3. The lowest BCUT2D eigenvalue weighted by Crippen LogP contribution is -2.58. The highest BCUT2D eigenvalue weighted by molar-refractivity contribution is 7.91. The molecule has 0 bridgehead atoms. The summed E-state index contributed by atoms with van der Waals surface area (Å²) in [6.45, 7) is -0.172. The number of sulfonamides is 1. The molecule has 4 heterocycles. The first-order chi connectivity index (χ1) is 30.2. The number of rotatable bonds is 8. The molecule has 3 N–H and O–H groups in total. The molecule has 4 fully saturated rings. The average Bonchev–Trinajstić information content (AvgIpc) is 4.06. The van der Waals surface area contributed by atoms with Crippen LogP contribution in [-0.2, 0) is 35.3 Å². The van der Waals surface area contributed by atoms with E-state index < -0.39 is 80.5 Å². The number of halogens is 3. The van der Waals surface area contributed by atoms with Crippen LogP contribution in [0.25, 0.3) is 27.8 Å². The second kappa shape index (κ2) is 16.8. The lowest BCUT2D eigenvalue weighted by Gasteiger charge is -2.30. The summed E-state index contributed by atoms with van der Waals surface area (Å²) in [5.74, 6) is -2.58. The Hall–Kier alpha value is -5.72. The minimum Gasteiger partial charge on any atom is -0.472 e. The number of nitrogens with zero attached hydrogens (tertiary/aromatic N) is 4. The molecule has 0 unspecified atom stereocenters. The smallest absolute Gasteiger partial charge is 0.416 e. The molecular weight excluding hydrogens is 844 g/mol. The van der Waals surface area contributed by atoms with Crippen molar-refractivity contribution in [3.63, 3.8) is 0 Å². The van der Waals surface area contributed by atoms with E-state index in [2.05, 4.69) is 20.5 Å². The van der Waals surface area contributed by atoms with Gasteiger partial charge in [-0.25, -0.2) is 18.2 Å². The van der Waals surface area contributed by atoms with Crippen molar-refractivity contribution in [2.75, 3.05) is 6.54 Å². The van der Waals surface area contributed by atoms with E-state index in [0.29, 0.717) is 48.7 Å². The standard InChI is InChI=1S/C44H48F3N7O8S/c45-44(46,47)27-13-10-11-26(21-27)35-23-37(54-38(48-35)32-16-8-9-17-33(32)51-54)61-30-22-36-39(55)50-43(41(57)52-63(59,60)31-19-20-31)24-28(43)12-4-2-1-3-5-18-34(40(56)53(36)25-30)49-42(58)62-29-14-6-7-15-29/h4,8-13,16-17,21,23,28-31,34,36H,1-3,5-7,14-15,18-20,22,24-25H2,(H,49,58)(H,50,55)(H,52,57)/b12-4-/t28-,30-,34-,36+,43-/m1/s1. The van der Waals surface area contributed by atoms with Gasteiger partial charge >= 0.3 is 12.3 Å². The molecule has 5 aliphatic rings. The van der Waals surface area contributed by atoms with Crippen molar-refractivity contribution in [3.05, 3.63) is 72.3 Å². The molecule has 2 aromatic heterocycles. The number of hydrogen-bond acceptors (Lipinski definition) is 10. The van der Waals surface area contributed by atoms with E-state index >= 15 is 0 Å². The van der Waals surface area contributed by atoms with Gasteiger partial charge in [-0.3, -0.25) is 19.1 Å². The summed E-state index contributed by atoms with van der Waals surface area (Å²) in [4.78, 5) is 62.5. The number of nitrogens with one attached hydrogen (secondary N) is 3. The molecule has 0 radical (unpaired) electrons. The molecule has 334 valence electrons. The Morgan fingerprint density at radius 2 is 1.70 bits per heavy atom. The van der Waals surface area contributed by atoms with Gasteiger partial charge in [0.15, 0.2) is 5.65 Å². The molecule has 9 rings (SSSR count). The van der Waals surface area contributed by atoms with Gasteiger partial charge in [-0.15, -0.1) is 0 Å². The maximum absolute atomic E-state index is 14.8. The van der Waals surface area contributed by atoms with E-state index in [0.717, 1.165) is 44.2 Å². The number of aromatic nitrogens is 3. The summed E-state index contributed by atoms with van der Waals surface area (Å²) in [6, 6.07) is 10.9. The Morgan fingerprint density at radius 3 is 2.48 bits per heavy atom. The monoisotopic (exact) mass is 891 g/mol. The van der Waals surface area contributed by atoms with Gasteiger partial charge in [0, 0.05) is 29.4 Å². The Balaban J connectivity index is 1.06. The van der Waals surface area contributed by atoms with Crippen LogP contribution in [0.2, 0.25) is 0 Å². The van der Waals surface area contributed by atoms with Crippen LogP contribution in [0.4, 0.5) is 18.0 Å². The number of allylic oxidation sites excluding steroid dienone is 1. The van der Waals surface area contributed by atoms with Crippen LogP contribution in [0.1, 0.15) is 89.0 Å². The quantitative estimate of drug-likeness (QED) is 0.178. The highest BCUT2D eigenvalue weighted by atomic mass is 32.2. The Bertz CT molecular complexity index is 2590. The fourth-order valence-corrected chi connectivity index (χ4v) is 10.4. The van der Waals surface area contributed by atoms with Gasteiger partial charge in [-0.2, -0.15) is 22.8 Å². The molecule has 2 aliphatic heterocycles. The predicted molar refractivity (Wildman–Crippen MR) is 222 cm³/mol. The normalized spacial score (nSPS) is 26.6. The lowest BCUT2D eigenvalue weighted by atomic mass is 10.0. The fraction of sp³-hybridized carbons (Fsp3) is 0.500. The van der Waals surface area contributed by atoms with Crippen molar-refractivity contribution >= 4 is 50.4 Å². The minimum absolute atomic E-state index is 0.0764. The number of carbonyl (C=O) groups is 4. The zero-order valence-electron chi connectivity index (χ0n) is 34.3. The van der Waals surface area contributed by atoms with Crippen LogP contribution in [-0.4, -0.2) is 93.4 Å². The van der Waals surface area contributed by atoms with E-state index in [9.17, 15) is 40.8 Å². The number of fused-ring (bicyclic) bond motifs is 5. The average molecular weight is 892 g/mol. The summed E-state index contributed by atoms with van der Waals surface area (Å²) in [5, 5.41) is 10.2. The Kier molecular flexibility index (Phi) is 11.3. The van der Waals surface area contributed by atoms with Crippen molar-refractivity contribution in [1.29, 1.82) is 0 Å². The van der Waals surface area contributed by atoms with Crippen LogP contribution < -0.4 is 20.1 Å². The molecule has 4 amide bonds. The Labute approximate surface area is 361 Å². The molecule has 19 heteroatoms. The van der Waals surface area contributed by atoms with Gasteiger partial charge in [0.1, 0.15) is 29.8 Å². The van der Waals surface area contributed by atoms with Gasteiger partial charge in [-0.1, -0.05) is 49.3 Å². The number of alkyl carbamates (subject to hydrolysis) is 1. The van der Waals surface area contributed by atoms with Crippen LogP contribution in [0.5, 0.6) is 5.88 Å². The van der Waals surface area contributed by atoms with Gasteiger partial charge in [0.2, 0.25) is 27.7 Å². The molecular formula is C44H48F3N7O8S. The third kappa shape index (κ3) is 8.93. The highest BCUT2D eigenvalue weighted by Crippen LogP contribution is 2.46. The molecule has 2 aromatic carbocycles. The minimum atomic E-state index is -4.61. The zero-order chi connectivity index (χ0) is 44.1. The summed E-state index contributed by atoms with van der Waals surface area (Å²) in [7, 11) is -3.97. The third-order valence-electron chi connectivity index (χ3n) is 12.7. The molecule has 63 heavy (non-hydrogen) atoms. The van der Waals surface area contributed by atoms with Crippen molar-refractivity contribution in [3.8, 4) is 17.1 Å². The molecule has 15 nitrogen and oxygen atoms in total. The molecule has 1 saturated heterocycles. The predicted octanol–water partition coefficient (Wildman–Crippen LogP) is 5.96. The number of ether oxygens (including phenoxy) is 2. The van der Waals surface area contributed by atoms with Crippen molar-refractivity contribution in [2.45, 2.75) is 125 Å². The third-order valence-corrected chi connectivity index (χ3v) is 14.6. The Morgan fingerprint density at radius 1 is 0.921 bits per heavy atom. The number of alkyl halides is 3. The molecule has 3 aliphatic carbocycles. The highest BCUT2D eigenvalue weighted by Gasteiger charge is 2.62. The summed E-state index contributed by atoms with van der Waals surface area (Å²) < 4.78 is 83.4. The van der Waals surface area contributed by atoms with Crippen LogP contribution in [0.15, 0.2) is 66.7 Å². The van der Waals surface area contributed by atoms with Gasteiger partial charge in [-0.05, 0) is 88.5 Å². The van der Waals surface area contributed by atoms with E-state index in [4.69, 9.17) is 14.5 Å². The zero-order valence-corrected chi connectivity index (χ0v) is 35.1. The number of benzene rings is 2. The maximum Gasteiger partial charge on any atom is 0.416 e. The van der Waals surface area contributed by atoms with E-state index in [1.807, 2.05) is 12.2 Å². The number of hydrogen-bond donors (Lipinski definition) is 3. The number of amides is 4. The summed E-state index contributed by atoms with van der Waals surface area (Å²) in [5.41, 5.74) is -1.32. The first-order valence-corrected chi connectivity index (χ1v) is 23.2. The van der Waals surface area contributed by atoms with Crippen LogP contribution >= 0.6 is 0 Å². The van der Waals surface area contributed by atoms with E-state index in [-0.39, 0.29) is 49.0 Å². The topological polar surface area (TPSA) is 190 Å². The van der Waals surface area contributed by atoms with Crippen molar-refractivity contribution in [1.82, 2.24) is 34.9 Å². The van der Waals surface area contributed by atoms with Gasteiger partial charge < -0.3 is 25.0 Å². The van der Waals surface area contributed by atoms with Crippen molar-refractivity contribution in [2.24, 2.45) is 5.92 Å². The first kappa shape index (κ1) is 42.6. The second-order valence-corrected chi connectivity index (χ2v) is 19.3. The van der Waals surface area contributed by atoms with Crippen molar-refractivity contribution < 1.29 is 50.2 Å². The molecule has 0 spiro atoms. The lowest BCUT2D eigenvalue weighted by molar-refractivity contribution is -0.141. The first-order valence-electron chi connectivity index (χ1n) is 21.6. The SMILES string of the molecule is O=C(N[C@@H]1CCCCC/C=C\[C@@H]2C[C@@]2(C(=O)NS(=O)(=O)C2CC2)NC(=O)[C@@H]2C[C@@H](Oc3cc(-c4cccc(C(F)(F)F)c4)nc4c5ccccc5nn34)CN2C1=O)OC1CCCC1. The summed E-state index contributed by atoms with van der Waals surface area (Å²) >= 11 is 0. The van der Waals surface area contributed by atoms with Crippen LogP contribution in [0, 0.1) is 5.92 Å². The molecule has 4 aromatic rings.